The first-order valence-corrected chi connectivity index (χ1v) is 7.24. The maximum atomic E-state index is 12.1. The van der Waals surface area contributed by atoms with Crippen LogP contribution in [-0.4, -0.2) is 63.0 Å². The van der Waals surface area contributed by atoms with E-state index >= 15 is 0 Å². The van der Waals surface area contributed by atoms with Crippen molar-refractivity contribution in [1.29, 1.82) is 5.26 Å². The molecule has 0 spiro atoms. The Morgan fingerprint density at radius 3 is 2.45 bits per heavy atom. The first-order valence-electron chi connectivity index (χ1n) is 6.43. The van der Waals surface area contributed by atoms with Crippen molar-refractivity contribution in [2.75, 3.05) is 58.0 Å². The summed E-state index contributed by atoms with van der Waals surface area (Å²) in [6.07, 6.45) is 0. The quantitative estimate of drug-likeness (QED) is 0.866. The van der Waals surface area contributed by atoms with Gasteiger partial charge in [-0.05, 0) is 7.05 Å². The summed E-state index contributed by atoms with van der Waals surface area (Å²) in [6, 6.07) is 2.15. The Labute approximate surface area is 123 Å². The molecule has 7 heteroatoms. The molecule has 1 saturated heterocycles. The molecular formula is C13H19N5OS. The molecule has 2 heterocycles. The summed E-state index contributed by atoms with van der Waals surface area (Å²) in [4.78, 5) is 18.4. The zero-order valence-corrected chi connectivity index (χ0v) is 12.8. The standard InChI is InChI=1S/C13H19N5OS/c1-16(2)12(19)11-10(15)9(8-14)13(20-11)18-6-4-17(3)5-7-18/h4-7,15H2,1-3H3. The molecule has 1 aliphatic heterocycles. The Morgan fingerprint density at radius 1 is 1.35 bits per heavy atom. The van der Waals surface area contributed by atoms with Crippen molar-refractivity contribution in [1.82, 2.24) is 9.80 Å². The van der Waals surface area contributed by atoms with Gasteiger partial charge in [-0.15, -0.1) is 11.3 Å². The highest BCUT2D eigenvalue weighted by Gasteiger charge is 2.26. The van der Waals surface area contributed by atoms with Gasteiger partial charge in [0.1, 0.15) is 21.5 Å². The number of hydrogen-bond donors (Lipinski definition) is 1. The molecule has 1 fully saturated rings. The van der Waals surface area contributed by atoms with Crippen LogP contribution in [0.2, 0.25) is 0 Å². The number of nitrogen functional groups attached to an aromatic ring is 1. The maximum absolute atomic E-state index is 12.1. The van der Waals surface area contributed by atoms with Crippen LogP contribution in [0.15, 0.2) is 0 Å². The van der Waals surface area contributed by atoms with Crippen LogP contribution in [0.3, 0.4) is 0 Å². The lowest BCUT2D eigenvalue weighted by molar-refractivity contribution is 0.0833. The highest BCUT2D eigenvalue weighted by Crippen LogP contribution is 2.38. The number of carbonyl (C=O) groups excluding carboxylic acids is 1. The van der Waals surface area contributed by atoms with Gasteiger partial charge in [-0.3, -0.25) is 4.79 Å². The number of thiophene rings is 1. The van der Waals surface area contributed by atoms with Crippen molar-refractivity contribution in [2.24, 2.45) is 0 Å². The van der Waals surface area contributed by atoms with Gasteiger partial charge in [0.25, 0.3) is 5.91 Å². The minimum atomic E-state index is -0.149. The number of hydrogen-bond acceptors (Lipinski definition) is 6. The van der Waals surface area contributed by atoms with Gasteiger partial charge in [-0.1, -0.05) is 0 Å². The molecule has 0 saturated carbocycles. The lowest BCUT2D eigenvalue weighted by Crippen LogP contribution is -2.44. The Bertz CT molecular complexity index is 552. The molecule has 0 atom stereocenters. The Balaban J connectivity index is 2.37. The smallest absolute Gasteiger partial charge is 0.265 e. The van der Waals surface area contributed by atoms with Crippen molar-refractivity contribution in [2.45, 2.75) is 0 Å². The molecule has 1 aromatic rings. The largest absolute Gasteiger partial charge is 0.396 e. The van der Waals surface area contributed by atoms with E-state index in [2.05, 4.69) is 22.9 Å². The minimum absolute atomic E-state index is 0.149. The average Bonchev–Trinajstić information content (AvgIpc) is 2.75. The van der Waals surface area contributed by atoms with Crippen molar-refractivity contribution >= 4 is 27.9 Å². The zero-order valence-electron chi connectivity index (χ0n) is 12.0. The predicted molar refractivity (Wildman–Crippen MR) is 81.2 cm³/mol. The molecular weight excluding hydrogens is 274 g/mol. The number of anilines is 2. The van der Waals surface area contributed by atoms with Gasteiger partial charge >= 0.3 is 0 Å². The third-order valence-electron chi connectivity index (χ3n) is 3.43. The molecule has 20 heavy (non-hydrogen) atoms. The molecule has 0 unspecified atom stereocenters. The van der Waals surface area contributed by atoms with Crippen LogP contribution in [0, 0.1) is 11.3 Å². The average molecular weight is 293 g/mol. The van der Waals surface area contributed by atoms with E-state index < -0.39 is 0 Å². The monoisotopic (exact) mass is 293 g/mol. The van der Waals surface area contributed by atoms with E-state index in [1.165, 1.54) is 16.2 Å². The number of nitriles is 1. The van der Waals surface area contributed by atoms with E-state index in [4.69, 9.17) is 5.73 Å². The normalized spacial score (nSPS) is 16.0. The van der Waals surface area contributed by atoms with Crippen LogP contribution < -0.4 is 10.6 Å². The van der Waals surface area contributed by atoms with E-state index in [9.17, 15) is 10.1 Å². The van der Waals surface area contributed by atoms with Crippen molar-refractivity contribution in [3.8, 4) is 6.07 Å². The molecule has 1 amide bonds. The number of likely N-dealkylation sites (N-methyl/N-ethyl adjacent to an activating group) is 1. The van der Waals surface area contributed by atoms with Crippen LogP contribution in [0.25, 0.3) is 0 Å². The summed E-state index contributed by atoms with van der Waals surface area (Å²) in [7, 11) is 5.44. The molecule has 1 aliphatic rings. The Morgan fingerprint density at radius 2 is 1.95 bits per heavy atom. The van der Waals surface area contributed by atoms with Crippen LogP contribution in [0.1, 0.15) is 15.2 Å². The first-order chi connectivity index (χ1) is 9.45. The van der Waals surface area contributed by atoms with E-state index in [1.807, 2.05) is 0 Å². The number of piperazine rings is 1. The summed E-state index contributed by atoms with van der Waals surface area (Å²) in [6.45, 7) is 3.58. The second-order valence-electron chi connectivity index (χ2n) is 5.13. The summed E-state index contributed by atoms with van der Waals surface area (Å²) in [5.74, 6) is -0.149. The van der Waals surface area contributed by atoms with E-state index in [-0.39, 0.29) is 5.91 Å². The van der Waals surface area contributed by atoms with E-state index in [0.29, 0.717) is 16.1 Å². The van der Waals surface area contributed by atoms with Gasteiger partial charge < -0.3 is 20.4 Å². The fourth-order valence-corrected chi connectivity index (χ4v) is 3.38. The Kier molecular flexibility index (Phi) is 4.16. The number of nitrogens with two attached hydrogens (primary N) is 1. The molecule has 0 bridgehead atoms. The number of amides is 1. The zero-order chi connectivity index (χ0) is 14.9. The van der Waals surface area contributed by atoms with Crippen LogP contribution >= 0.6 is 11.3 Å². The van der Waals surface area contributed by atoms with Crippen LogP contribution in [-0.2, 0) is 0 Å². The second-order valence-corrected chi connectivity index (χ2v) is 6.13. The minimum Gasteiger partial charge on any atom is -0.396 e. The molecule has 0 aromatic carbocycles. The third kappa shape index (κ3) is 2.57. The highest BCUT2D eigenvalue weighted by molar-refractivity contribution is 7.19. The molecule has 0 radical (unpaired) electrons. The SMILES string of the molecule is CN1CCN(c2sc(C(=O)N(C)C)c(N)c2C#N)CC1. The van der Waals surface area contributed by atoms with Crippen molar-refractivity contribution in [3.63, 3.8) is 0 Å². The van der Waals surface area contributed by atoms with Gasteiger partial charge in [-0.2, -0.15) is 5.26 Å². The van der Waals surface area contributed by atoms with Gasteiger partial charge in [-0.25, -0.2) is 0 Å². The highest BCUT2D eigenvalue weighted by atomic mass is 32.1. The number of nitrogens with zero attached hydrogens (tertiary/aromatic N) is 4. The molecule has 1 aromatic heterocycles. The lowest BCUT2D eigenvalue weighted by Gasteiger charge is -2.33. The first kappa shape index (κ1) is 14.6. The second kappa shape index (κ2) is 5.69. The molecule has 2 rings (SSSR count). The summed E-state index contributed by atoms with van der Waals surface area (Å²) in [5, 5.41) is 10.2. The van der Waals surface area contributed by atoms with Gasteiger partial charge in [0.2, 0.25) is 0 Å². The summed E-state index contributed by atoms with van der Waals surface area (Å²) >= 11 is 1.32. The number of rotatable bonds is 2. The van der Waals surface area contributed by atoms with Crippen LogP contribution in [0.4, 0.5) is 10.7 Å². The van der Waals surface area contributed by atoms with E-state index in [1.54, 1.807) is 14.1 Å². The summed E-state index contributed by atoms with van der Waals surface area (Å²) in [5.41, 5.74) is 6.74. The van der Waals surface area contributed by atoms with Crippen molar-refractivity contribution < 1.29 is 4.79 Å². The Hall–Kier alpha value is -1.78. The van der Waals surface area contributed by atoms with Gasteiger partial charge in [0.15, 0.2) is 0 Å². The maximum Gasteiger partial charge on any atom is 0.265 e. The fourth-order valence-electron chi connectivity index (χ4n) is 2.13. The van der Waals surface area contributed by atoms with Gasteiger partial charge in [0, 0.05) is 40.3 Å². The van der Waals surface area contributed by atoms with Crippen molar-refractivity contribution in [3.05, 3.63) is 10.4 Å². The fraction of sp³-hybridized carbons (Fsp3) is 0.538. The summed E-state index contributed by atoms with van der Waals surface area (Å²) < 4.78 is 0. The van der Waals surface area contributed by atoms with E-state index in [0.717, 1.165) is 31.2 Å². The van der Waals surface area contributed by atoms with Crippen LogP contribution in [0.5, 0.6) is 0 Å². The molecule has 2 N–H and O–H groups in total. The van der Waals surface area contributed by atoms with Gasteiger partial charge in [0.05, 0.1) is 5.69 Å². The molecule has 0 aliphatic carbocycles. The topological polar surface area (TPSA) is 76.6 Å². The molecule has 108 valence electrons. The third-order valence-corrected chi connectivity index (χ3v) is 4.68. The number of carbonyl (C=O) groups is 1. The lowest BCUT2D eigenvalue weighted by atomic mass is 10.2. The molecule has 6 nitrogen and oxygen atoms in total. The predicted octanol–water partition coefficient (Wildman–Crippen LogP) is 0.656.